The van der Waals surface area contributed by atoms with Gasteiger partial charge in [-0.2, -0.15) is 10.1 Å². The third kappa shape index (κ3) is 4.44. The molecule has 1 fully saturated rings. The Bertz CT molecular complexity index is 508. The Morgan fingerprint density at radius 3 is 2.59 bits per heavy atom. The van der Waals surface area contributed by atoms with E-state index in [1.165, 1.54) is 0 Å². The summed E-state index contributed by atoms with van der Waals surface area (Å²) in [6.45, 7) is 10.9. The molecule has 1 N–H and O–H groups in total. The van der Waals surface area contributed by atoms with E-state index in [0.717, 1.165) is 0 Å². The van der Waals surface area contributed by atoms with Crippen LogP contribution in [0, 0.1) is 0 Å². The Hall–Kier alpha value is -2.12. The number of anilines is 2. The SMILES string of the molecule is CCOC(=O)N1CCN(c2nncc(NC(C)(C)C)n2)CC1. The van der Waals surface area contributed by atoms with Gasteiger partial charge in [0.1, 0.15) is 0 Å². The van der Waals surface area contributed by atoms with E-state index in [2.05, 4.69) is 41.3 Å². The molecule has 22 heavy (non-hydrogen) atoms. The zero-order valence-electron chi connectivity index (χ0n) is 13.7. The molecule has 2 rings (SSSR count). The van der Waals surface area contributed by atoms with E-state index >= 15 is 0 Å². The zero-order valence-corrected chi connectivity index (χ0v) is 13.7. The van der Waals surface area contributed by atoms with Gasteiger partial charge in [0.25, 0.3) is 0 Å². The van der Waals surface area contributed by atoms with Crippen molar-refractivity contribution in [1.82, 2.24) is 20.1 Å². The summed E-state index contributed by atoms with van der Waals surface area (Å²) in [6, 6.07) is 0. The molecule has 0 aliphatic carbocycles. The first-order chi connectivity index (χ1) is 10.4. The molecule has 1 saturated heterocycles. The molecular weight excluding hydrogens is 284 g/mol. The van der Waals surface area contributed by atoms with Crippen LogP contribution >= 0.6 is 0 Å². The molecule has 1 aliphatic rings. The maximum atomic E-state index is 11.7. The van der Waals surface area contributed by atoms with Crippen molar-refractivity contribution >= 4 is 17.9 Å². The number of hydrogen-bond acceptors (Lipinski definition) is 7. The molecular formula is C14H24N6O2. The van der Waals surface area contributed by atoms with Gasteiger partial charge in [0.15, 0.2) is 5.82 Å². The molecule has 122 valence electrons. The van der Waals surface area contributed by atoms with Crippen LogP contribution < -0.4 is 10.2 Å². The normalized spacial score (nSPS) is 15.6. The number of carbonyl (C=O) groups excluding carboxylic acids is 1. The highest BCUT2D eigenvalue weighted by Crippen LogP contribution is 2.15. The lowest BCUT2D eigenvalue weighted by Gasteiger charge is -2.34. The van der Waals surface area contributed by atoms with Crippen LogP contribution in [-0.4, -0.2) is 64.5 Å². The molecule has 0 radical (unpaired) electrons. The zero-order chi connectivity index (χ0) is 16.2. The Morgan fingerprint density at radius 1 is 1.32 bits per heavy atom. The van der Waals surface area contributed by atoms with E-state index in [1.54, 1.807) is 18.0 Å². The minimum atomic E-state index is -0.260. The van der Waals surface area contributed by atoms with Gasteiger partial charge < -0.3 is 19.9 Å². The van der Waals surface area contributed by atoms with E-state index in [-0.39, 0.29) is 11.6 Å². The van der Waals surface area contributed by atoms with Crippen LogP contribution in [0.25, 0.3) is 0 Å². The third-order valence-corrected chi connectivity index (χ3v) is 3.14. The molecule has 8 nitrogen and oxygen atoms in total. The standard InChI is InChI=1S/C14H24N6O2/c1-5-22-13(21)20-8-6-19(7-9-20)12-16-11(10-15-18-12)17-14(2,3)4/h10H,5-9H2,1-4H3,(H,16,17,18). The lowest BCUT2D eigenvalue weighted by molar-refractivity contribution is 0.105. The number of carbonyl (C=O) groups is 1. The van der Waals surface area contributed by atoms with E-state index < -0.39 is 0 Å². The Morgan fingerprint density at radius 2 is 2.00 bits per heavy atom. The van der Waals surface area contributed by atoms with Crippen LogP contribution in [0.15, 0.2) is 6.20 Å². The van der Waals surface area contributed by atoms with Crippen molar-refractivity contribution in [2.24, 2.45) is 0 Å². The minimum absolute atomic E-state index is 0.0874. The van der Waals surface area contributed by atoms with Crippen molar-refractivity contribution in [3.8, 4) is 0 Å². The summed E-state index contributed by atoms with van der Waals surface area (Å²) in [5.74, 6) is 1.28. The predicted molar refractivity (Wildman–Crippen MR) is 84.0 cm³/mol. The van der Waals surface area contributed by atoms with Crippen LogP contribution in [0.2, 0.25) is 0 Å². The summed E-state index contributed by atoms with van der Waals surface area (Å²) < 4.78 is 5.01. The first kappa shape index (κ1) is 16.3. The van der Waals surface area contributed by atoms with Gasteiger partial charge in [-0.1, -0.05) is 0 Å². The summed E-state index contributed by atoms with van der Waals surface area (Å²) in [7, 11) is 0. The summed E-state index contributed by atoms with van der Waals surface area (Å²) in [4.78, 5) is 19.9. The molecule has 1 aliphatic heterocycles. The maximum Gasteiger partial charge on any atom is 0.409 e. The van der Waals surface area contributed by atoms with Gasteiger partial charge in [0.05, 0.1) is 12.8 Å². The average Bonchev–Trinajstić information content (AvgIpc) is 2.46. The fourth-order valence-corrected chi connectivity index (χ4v) is 2.18. The Labute approximate surface area is 130 Å². The van der Waals surface area contributed by atoms with E-state index in [4.69, 9.17) is 4.74 Å². The highest BCUT2D eigenvalue weighted by Gasteiger charge is 2.24. The van der Waals surface area contributed by atoms with Crippen molar-refractivity contribution in [2.75, 3.05) is 43.0 Å². The molecule has 8 heteroatoms. The third-order valence-electron chi connectivity index (χ3n) is 3.14. The number of piperazine rings is 1. The largest absolute Gasteiger partial charge is 0.450 e. The number of ether oxygens (including phenoxy) is 1. The van der Waals surface area contributed by atoms with Crippen molar-refractivity contribution in [3.05, 3.63) is 6.20 Å². The molecule has 1 aromatic heterocycles. The Balaban J connectivity index is 1.96. The molecule has 0 aromatic carbocycles. The highest BCUT2D eigenvalue weighted by atomic mass is 16.6. The van der Waals surface area contributed by atoms with Crippen LogP contribution in [0.5, 0.6) is 0 Å². The second kappa shape index (κ2) is 6.76. The van der Waals surface area contributed by atoms with Crippen LogP contribution in [0.1, 0.15) is 27.7 Å². The molecule has 1 amide bonds. The lowest BCUT2D eigenvalue weighted by atomic mass is 10.1. The lowest BCUT2D eigenvalue weighted by Crippen LogP contribution is -2.49. The highest BCUT2D eigenvalue weighted by molar-refractivity contribution is 5.68. The molecule has 0 bridgehead atoms. The minimum Gasteiger partial charge on any atom is -0.450 e. The van der Waals surface area contributed by atoms with Gasteiger partial charge in [0.2, 0.25) is 5.95 Å². The van der Waals surface area contributed by atoms with E-state index in [1.807, 2.05) is 4.90 Å². The van der Waals surface area contributed by atoms with Crippen LogP contribution in [0.4, 0.5) is 16.6 Å². The first-order valence-corrected chi connectivity index (χ1v) is 7.53. The number of amides is 1. The van der Waals surface area contributed by atoms with Crippen molar-refractivity contribution < 1.29 is 9.53 Å². The number of hydrogen-bond donors (Lipinski definition) is 1. The summed E-state index contributed by atoms with van der Waals surface area (Å²) in [5.41, 5.74) is -0.0874. The molecule has 0 saturated carbocycles. The van der Waals surface area contributed by atoms with Gasteiger partial charge in [0, 0.05) is 31.7 Å². The summed E-state index contributed by atoms with van der Waals surface area (Å²) in [5, 5.41) is 11.4. The van der Waals surface area contributed by atoms with E-state index in [9.17, 15) is 4.79 Å². The second-order valence-corrected chi connectivity index (χ2v) is 6.19. The van der Waals surface area contributed by atoms with Gasteiger partial charge in [-0.05, 0) is 27.7 Å². The smallest absolute Gasteiger partial charge is 0.409 e. The van der Waals surface area contributed by atoms with Crippen molar-refractivity contribution in [2.45, 2.75) is 33.2 Å². The van der Waals surface area contributed by atoms with Crippen LogP contribution in [-0.2, 0) is 4.74 Å². The van der Waals surface area contributed by atoms with Gasteiger partial charge in [-0.15, -0.1) is 5.10 Å². The van der Waals surface area contributed by atoms with Gasteiger partial charge in [-0.25, -0.2) is 4.79 Å². The first-order valence-electron chi connectivity index (χ1n) is 7.53. The number of rotatable bonds is 3. The molecule has 2 heterocycles. The molecule has 0 atom stereocenters. The monoisotopic (exact) mass is 308 g/mol. The molecule has 0 spiro atoms. The quantitative estimate of drug-likeness (QED) is 0.902. The topological polar surface area (TPSA) is 83.5 Å². The van der Waals surface area contributed by atoms with Gasteiger partial charge in [-0.3, -0.25) is 0 Å². The average molecular weight is 308 g/mol. The van der Waals surface area contributed by atoms with Gasteiger partial charge >= 0.3 is 6.09 Å². The van der Waals surface area contributed by atoms with Crippen LogP contribution in [0.3, 0.4) is 0 Å². The number of nitrogens with one attached hydrogen (secondary N) is 1. The second-order valence-electron chi connectivity index (χ2n) is 6.19. The molecule has 1 aromatic rings. The Kier molecular flexibility index (Phi) is 4.99. The number of nitrogens with zero attached hydrogens (tertiary/aromatic N) is 5. The fourth-order valence-electron chi connectivity index (χ4n) is 2.18. The van der Waals surface area contributed by atoms with Crippen molar-refractivity contribution in [3.63, 3.8) is 0 Å². The number of aromatic nitrogens is 3. The van der Waals surface area contributed by atoms with Crippen molar-refractivity contribution in [1.29, 1.82) is 0 Å². The molecule has 0 unspecified atom stereocenters. The summed E-state index contributed by atoms with van der Waals surface area (Å²) in [6.07, 6.45) is 1.35. The predicted octanol–water partition coefficient (Wildman–Crippen LogP) is 1.36. The fraction of sp³-hybridized carbons (Fsp3) is 0.714. The van der Waals surface area contributed by atoms with E-state index in [0.29, 0.717) is 44.6 Å². The summed E-state index contributed by atoms with van der Waals surface area (Å²) >= 11 is 0. The maximum absolute atomic E-state index is 11.7.